The van der Waals surface area contributed by atoms with Crippen molar-refractivity contribution >= 4 is 13.6 Å². The second-order valence-corrected chi connectivity index (χ2v) is 13.4. The van der Waals surface area contributed by atoms with Crippen molar-refractivity contribution in [3.63, 3.8) is 0 Å². The van der Waals surface area contributed by atoms with Gasteiger partial charge in [-0.05, 0) is 68.1 Å². The normalized spacial score (nSPS) is 42.3. The van der Waals surface area contributed by atoms with E-state index in [2.05, 4.69) is 19.9 Å². The first-order valence-corrected chi connectivity index (χ1v) is 13.5. The Kier molecular flexibility index (Phi) is 6.14. The maximum atomic E-state index is 12.6. The van der Waals surface area contributed by atoms with Gasteiger partial charge in [0.05, 0.1) is 27.2 Å². The number of allylic oxidation sites excluding steroid dienone is 1. The van der Waals surface area contributed by atoms with Gasteiger partial charge in [0.1, 0.15) is 18.9 Å². The van der Waals surface area contributed by atoms with Crippen molar-refractivity contribution in [3.8, 4) is 0 Å². The topological polar surface area (TPSA) is 72.8 Å². The average molecular weight is 455 g/mol. The van der Waals surface area contributed by atoms with Crippen LogP contribution in [-0.4, -0.2) is 55.6 Å². The van der Waals surface area contributed by atoms with E-state index in [9.17, 15) is 14.3 Å². The number of phosphoric acid groups is 1. The third-order valence-corrected chi connectivity index (χ3v) is 10.1. The maximum Gasteiger partial charge on any atom is 0.472 e. The molecular formula is C24H41NO5P+. The van der Waals surface area contributed by atoms with Crippen LogP contribution in [-0.2, 0) is 18.4 Å². The lowest BCUT2D eigenvalue weighted by Gasteiger charge is -2.57. The molecule has 3 saturated carbocycles. The molecule has 0 aliphatic heterocycles. The molecule has 6 nitrogen and oxygen atoms in total. The van der Waals surface area contributed by atoms with Crippen LogP contribution in [0.2, 0.25) is 0 Å². The van der Waals surface area contributed by atoms with Gasteiger partial charge < -0.3 is 9.38 Å². The summed E-state index contributed by atoms with van der Waals surface area (Å²) >= 11 is 0. The maximum absolute atomic E-state index is 12.6. The average Bonchev–Trinajstić information content (AvgIpc) is 2.95. The van der Waals surface area contributed by atoms with Crippen LogP contribution in [0.3, 0.4) is 0 Å². The van der Waals surface area contributed by atoms with E-state index in [-0.39, 0.29) is 23.5 Å². The van der Waals surface area contributed by atoms with Gasteiger partial charge in [0.25, 0.3) is 0 Å². The summed E-state index contributed by atoms with van der Waals surface area (Å²) in [6, 6.07) is 0. The van der Waals surface area contributed by atoms with E-state index in [1.807, 2.05) is 21.1 Å². The minimum atomic E-state index is -4.05. The van der Waals surface area contributed by atoms with Crippen molar-refractivity contribution in [2.45, 2.75) is 71.3 Å². The Hall–Kier alpha value is -0.520. The molecule has 176 valence electrons. The monoisotopic (exact) mass is 454 g/mol. The van der Waals surface area contributed by atoms with Crippen molar-refractivity contribution in [1.82, 2.24) is 0 Å². The lowest BCUT2D eigenvalue weighted by molar-refractivity contribution is -0.870. The Bertz CT molecular complexity index is 804. The first-order chi connectivity index (χ1) is 14.3. The largest absolute Gasteiger partial charge is 0.472 e. The summed E-state index contributed by atoms with van der Waals surface area (Å²) in [5.74, 6) is 2.21. The summed E-state index contributed by atoms with van der Waals surface area (Å²) in [5, 5.41) is 0. The smallest absolute Gasteiger partial charge is 0.329 e. The fraction of sp³-hybridized carbons (Fsp3) is 0.875. The molecule has 0 saturated heterocycles. The molecule has 0 spiro atoms. The number of rotatable bonds is 6. The van der Waals surface area contributed by atoms with Crippen LogP contribution in [0, 0.1) is 28.6 Å². The fourth-order valence-corrected chi connectivity index (χ4v) is 8.07. The molecular weight excluding hydrogens is 413 g/mol. The molecule has 7 heteroatoms. The molecule has 1 N–H and O–H groups in total. The summed E-state index contributed by atoms with van der Waals surface area (Å²) in [7, 11) is 2.01. The molecule has 4 aliphatic rings. The molecule has 3 fully saturated rings. The standard InChI is InChI=1S/C24H40NO5P/c1-23-12-10-18(30-31(27,28)29-15-14-25(3,4)5)16-17(23)6-7-19-20-8-9-22(26)24(20,2)13-11-21(19)23/h6,18-21H,7-16H2,1-5H3/p+1/t18-,19-,20-,21-,23-,24-/m0/s1. The highest BCUT2D eigenvalue weighted by atomic mass is 31.2. The van der Waals surface area contributed by atoms with Gasteiger partial charge in [-0.15, -0.1) is 0 Å². The number of likely N-dealkylation sites (N-methyl/N-ethyl adjacent to an activating group) is 1. The lowest BCUT2D eigenvalue weighted by atomic mass is 9.48. The third-order valence-electron chi connectivity index (χ3n) is 9.07. The number of quaternary nitrogens is 1. The number of hydrogen-bond donors (Lipinski definition) is 1. The highest BCUT2D eigenvalue weighted by Gasteiger charge is 2.58. The number of Topliss-reactive ketones (excluding diaryl/α,β-unsaturated/α-hetero) is 1. The minimum Gasteiger partial charge on any atom is -0.329 e. The molecule has 0 aromatic heterocycles. The Morgan fingerprint density at radius 1 is 1.13 bits per heavy atom. The highest BCUT2D eigenvalue weighted by Crippen LogP contribution is 2.64. The SMILES string of the molecule is C[C@]12CC[C@H](OP(=O)(O)OCC[N+](C)(C)C)CC1=CC[C@@H]1[C@@H]2CC[C@]2(C)C(=O)CC[C@@H]12. The van der Waals surface area contributed by atoms with Crippen molar-refractivity contribution in [3.05, 3.63) is 11.6 Å². The van der Waals surface area contributed by atoms with Gasteiger partial charge in [-0.1, -0.05) is 25.5 Å². The summed E-state index contributed by atoms with van der Waals surface area (Å²) in [4.78, 5) is 22.8. The number of carbonyl (C=O) groups is 1. The van der Waals surface area contributed by atoms with Crippen LogP contribution in [0.4, 0.5) is 0 Å². The molecule has 4 rings (SSSR count). The van der Waals surface area contributed by atoms with Crippen molar-refractivity contribution < 1.29 is 27.8 Å². The number of phosphoric ester groups is 1. The minimum absolute atomic E-state index is 0.101. The van der Waals surface area contributed by atoms with Crippen molar-refractivity contribution in [1.29, 1.82) is 0 Å². The van der Waals surface area contributed by atoms with Crippen LogP contribution in [0.15, 0.2) is 11.6 Å². The Balaban J connectivity index is 1.42. The van der Waals surface area contributed by atoms with Crippen LogP contribution in [0.5, 0.6) is 0 Å². The molecule has 7 atom stereocenters. The van der Waals surface area contributed by atoms with Gasteiger partial charge in [0, 0.05) is 11.8 Å². The molecule has 0 amide bonds. The summed E-state index contributed by atoms with van der Waals surface area (Å²) in [5.41, 5.74) is 1.42. The zero-order valence-electron chi connectivity index (χ0n) is 19.9. The van der Waals surface area contributed by atoms with E-state index in [0.717, 1.165) is 44.9 Å². The third kappa shape index (κ3) is 4.48. The first kappa shape index (κ1) is 23.6. The van der Waals surface area contributed by atoms with Gasteiger partial charge in [-0.2, -0.15) is 0 Å². The molecule has 4 aliphatic carbocycles. The van der Waals surface area contributed by atoms with Crippen LogP contribution < -0.4 is 0 Å². The molecule has 0 bridgehead atoms. The van der Waals surface area contributed by atoms with E-state index in [4.69, 9.17) is 9.05 Å². The predicted molar refractivity (Wildman–Crippen MR) is 120 cm³/mol. The van der Waals surface area contributed by atoms with E-state index >= 15 is 0 Å². The number of ketones is 1. The van der Waals surface area contributed by atoms with E-state index < -0.39 is 7.82 Å². The first-order valence-electron chi connectivity index (χ1n) is 12.0. The van der Waals surface area contributed by atoms with Crippen LogP contribution in [0.25, 0.3) is 0 Å². The molecule has 0 radical (unpaired) electrons. The van der Waals surface area contributed by atoms with Gasteiger partial charge in [-0.25, -0.2) is 4.57 Å². The Morgan fingerprint density at radius 2 is 1.81 bits per heavy atom. The fourth-order valence-electron chi connectivity index (χ4n) is 7.14. The number of hydrogen-bond acceptors (Lipinski definition) is 4. The summed E-state index contributed by atoms with van der Waals surface area (Å²) in [6.45, 7) is 5.45. The van der Waals surface area contributed by atoms with Gasteiger partial charge in [0.15, 0.2) is 0 Å². The quantitative estimate of drug-likeness (QED) is 0.357. The van der Waals surface area contributed by atoms with E-state index in [1.165, 1.54) is 5.57 Å². The van der Waals surface area contributed by atoms with E-state index in [0.29, 0.717) is 41.0 Å². The highest BCUT2D eigenvalue weighted by molar-refractivity contribution is 7.47. The number of carbonyl (C=O) groups excluding carboxylic acids is 1. The zero-order chi connectivity index (χ0) is 22.7. The van der Waals surface area contributed by atoms with Crippen LogP contribution in [0.1, 0.15) is 65.2 Å². The molecule has 31 heavy (non-hydrogen) atoms. The van der Waals surface area contributed by atoms with E-state index in [1.54, 1.807) is 0 Å². The Labute approximate surface area is 187 Å². The zero-order valence-corrected chi connectivity index (χ0v) is 20.8. The summed E-state index contributed by atoms with van der Waals surface area (Å²) in [6.07, 6.45) is 9.57. The predicted octanol–water partition coefficient (Wildman–Crippen LogP) is 4.73. The number of nitrogens with zero attached hydrogens (tertiary/aromatic N) is 1. The molecule has 0 aromatic rings. The van der Waals surface area contributed by atoms with Crippen molar-refractivity contribution in [2.24, 2.45) is 28.6 Å². The molecule has 0 heterocycles. The van der Waals surface area contributed by atoms with Crippen molar-refractivity contribution in [2.75, 3.05) is 34.3 Å². The van der Waals surface area contributed by atoms with Gasteiger partial charge >= 0.3 is 7.82 Å². The molecule has 1 unspecified atom stereocenters. The lowest BCUT2D eigenvalue weighted by Crippen LogP contribution is -2.50. The number of fused-ring (bicyclic) bond motifs is 5. The summed E-state index contributed by atoms with van der Waals surface area (Å²) < 4.78 is 24.0. The second-order valence-electron chi connectivity index (χ2n) is 12.0. The molecule has 0 aromatic carbocycles. The Morgan fingerprint density at radius 3 is 2.52 bits per heavy atom. The van der Waals surface area contributed by atoms with Crippen LogP contribution >= 0.6 is 7.82 Å². The second kappa shape index (κ2) is 8.06. The van der Waals surface area contributed by atoms with Gasteiger partial charge in [0.2, 0.25) is 0 Å². The van der Waals surface area contributed by atoms with Gasteiger partial charge in [-0.3, -0.25) is 13.8 Å².